The number of amides is 1. The molecular formula is C19H17N3O3S. The molecule has 0 saturated carbocycles. The van der Waals surface area contributed by atoms with Gasteiger partial charge in [-0.05, 0) is 37.1 Å². The molecule has 1 fully saturated rings. The van der Waals surface area contributed by atoms with Gasteiger partial charge in [0.15, 0.2) is 0 Å². The minimum atomic E-state index is -1.10. The van der Waals surface area contributed by atoms with Crippen LogP contribution < -0.4 is 0 Å². The molecule has 132 valence electrons. The van der Waals surface area contributed by atoms with Gasteiger partial charge in [0.05, 0.1) is 20.8 Å². The average molecular weight is 367 g/mol. The van der Waals surface area contributed by atoms with Gasteiger partial charge < -0.3 is 10.0 Å². The summed E-state index contributed by atoms with van der Waals surface area (Å²) in [6, 6.07) is 11.0. The van der Waals surface area contributed by atoms with Gasteiger partial charge in [-0.3, -0.25) is 4.79 Å². The third kappa shape index (κ3) is 3.17. The summed E-state index contributed by atoms with van der Waals surface area (Å²) in [6.45, 7) is 1.33. The minimum Gasteiger partial charge on any atom is -0.477 e. The summed E-state index contributed by atoms with van der Waals surface area (Å²) in [5, 5.41) is 10.0. The lowest BCUT2D eigenvalue weighted by Crippen LogP contribution is -2.38. The molecule has 0 spiro atoms. The summed E-state index contributed by atoms with van der Waals surface area (Å²) < 4.78 is 1.20. The summed E-state index contributed by atoms with van der Waals surface area (Å²) in [5.41, 5.74) is 1.40. The number of para-hydroxylation sites is 1. The van der Waals surface area contributed by atoms with E-state index in [4.69, 9.17) is 10.1 Å². The first-order chi connectivity index (χ1) is 12.6. The van der Waals surface area contributed by atoms with Crippen molar-refractivity contribution in [3.8, 4) is 0 Å². The topological polar surface area (TPSA) is 83.4 Å². The molecule has 2 aromatic heterocycles. The van der Waals surface area contributed by atoms with E-state index in [2.05, 4.69) is 11.1 Å². The number of carboxylic acids is 1. The first-order valence-corrected chi connectivity index (χ1v) is 9.27. The SMILES string of the molecule is O=C(O)c1ccc(C(=O)N2CCC(c3nc4ccccc4s3)CC2)cn1. The van der Waals surface area contributed by atoms with Crippen LogP contribution in [0.25, 0.3) is 10.2 Å². The number of carbonyl (C=O) groups is 2. The Bertz CT molecular complexity index is 927. The van der Waals surface area contributed by atoms with Crippen LogP contribution in [0.2, 0.25) is 0 Å². The van der Waals surface area contributed by atoms with Gasteiger partial charge in [0.1, 0.15) is 5.69 Å². The zero-order valence-electron chi connectivity index (χ0n) is 14.0. The number of hydrogen-bond donors (Lipinski definition) is 1. The molecule has 1 N–H and O–H groups in total. The maximum absolute atomic E-state index is 12.6. The Morgan fingerprint density at radius 1 is 1.12 bits per heavy atom. The molecule has 3 heterocycles. The number of likely N-dealkylation sites (tertiary alicyclic amines) is 1. The van der Waals surface area contributed by atoms with Gasteiger partial charge in [-0.15, -0.1) is 11.3 Å². The van der Waals surface area contributed by atoms with Crippen molar-refractivity contribution in [1.29, 1.82) is 0 Å². The molecule has 1 amide bonds. The van der Waals surface area contributed by atoms with Crippen LogP contribution in [-0.4, -0.2) is 44.9 Å². The van der Waals surface area contributed by atoms with E-state index in [-0.39, 0.29) is 11.6 Å². The van der Waals surface area contributed by atoms with E-state index in [0.29, 0.717) is 24.6 Å². The molecule has 0 atom stereocenters. The van der Waals surface area contributed by atoms with Crippen molar-refractivity contribution in [2.75, 3.05) is 13.1 Å². The first-order valence-electron chi connectivity index (χ1n) is 8.46. The van der Waals surface area contributed by atoms with E-state index in [1.165, 1.54) is 23.0 Å². The van der Waals surface area contributed by atoms with E-state index < -0.39 is 5.97 Å². The smallest absolute Gasteiger partial charge is 0.354 e. The van der Waals surface area contributed by atoms with Crippen LogP contribution in [0, 0.1) is 0 Å². The van der Waals surface area contributed by atoms with E-state index in [9.17, 15) is 9.59 Å². The molecule has 0 unspecified atom stereocenters. The molecule has 0 aliphatic carbocycles. The molecule has 1 aliphatic heterocycles. The van der Waals surface area contributed by atoms with Gasteiger partial charge in [0, 0.05) is 25.2 Å². The molecule has 6 nitrogen and oxygen atoms in total. The van der Waals surface area contributed by atoms with Crippen LogP contribution in [0.4, 0.5) is 0 Å². The Labute approximate surface area is 154 Å². The van der Waals surface area contributed by atoms with Gasteiger partial charge >= 0.3 is 5.97 Å². The lowest BCUT2D eigenvalue weighted by atomic mass is 9.97. The average Bonchev–Trinajstić information content (AvgIpc) is 3.12. The van der Waals surface area contributed by atoms with Crippen LogP contribution in [0.3, 0.4) is 0 Å². The third-order valence-electron chi connectivity index (χ3n) is 4.67. The number of aromatic carboxylic acids is 1. The summed E-state index contributed by atoms with van der Waals surface area (Å²) in [5.74, 6) is -0.818. The van der Waals surface area contributed by atoms with Crippen molar-refractivity contribution >= 4 is 33.4 Å². The molecule has 1 saturated heterocycles. The number of rotatable bonds is 3. The normalized spacial score (nSPS) is 15.3. The van der Waals surface area contributed by atoms with E-state index in [0.717, 1.165) is 23.4 Å². The highest BCUT2D eigenvalue weighted by molar-refractivity contribution is 7.18. The Morgan fingerprint density at radius 2 is 1.88 bits per heavy atom. The zero-order chi connectivity index (χ0) is 18.1. The molecular weight excluding hydrogens is 350 g/mol. The summed E-state index contributed by atoms with van der Waals surface area (Å²) in [7, 11) is 0. The van der Waals surface area contributed by atoms with Crippen LogP contribution in [0.5, 0.6) is 0 Å². The molecule has 3 aromatic rings. The van der Waals surface area contributed by atoms with Gasteiger partial charge in [-0.1, -0.05) is 12.1 Å². The molecule has 0 bridgehead atoms. The zero-order valence-corrected chi connectivity index (χ0v) is 14.8. The maximum Gasteiger partial charge on any atom is 0.354 e. The van der Waals surface area contributed by atoms with Crippen molar-refractivity contribution < 1.29 is 14.7 Å². The number of pyridine rings is 1. The van der Waals surface area contributed by atoms with Crippen LogP contribution >= 0.6 is 11.3 Å². The van der Waals surface area contributed by atoms with Gasteiger partial charge in [0.2, 0.25) is 0 Å². The Kier molecular flexibility index (Phi) is 4.38. The first kappa shape index (κ1) is 16.7. The number of aromatic nitrogens is 2. The van der Waals surface area contributed by atoms with Gasteiger partial charge in [-0.2, -0.15) is 0 Å². The van der Waals surface area contributed by atoms with Gasteiger partial charge in [0.25, 0.3) is 5.91 Å². The Morgan fingerprint density at radius 3 is 2.54 bits per heavy atom. The van der Waals surface area contributed by atoms with E-state index in [1.54, 1.807) is 16.2 Å². The van der Waals surface area contributed by atoms with Crippen molar-refractivity contribution in [1.82, 2.24) is 14.9 Å². The second-order valence-corrected chi connectivity index (χ2v) is 7.39. The van der Waals surface area contributed by atoms with Crippen LogP contribution in [0.1, 0.15) is 44.6 Å². The Balaban J connectivity index is 1.42. The lowest BCUT2D eigenvalue weighted by Gasteiger charge is -2.31. The second kappa shape index (κ2) is 6.84. The second-order valence-electron chi connectivity index (χ2n) is 6.32. The monoisotopic (exact) mass is 367 g/mol. The maximum atomic E-state index is 12.6. The minimum absolute atomic E-state index is 0.0592. The standard InChI is InChI=1S/C19H17N3O3S/c23-18(13-5-6-15(19(24)25)20-11-13)22-9-7-12(8-10-22)17-21-14-3-1-2-4-16(14)26-17/h1-6,11-12H,7-10H2,(H,24,25). The predicted molar refractivity (Wildman–Crippen MR) is 98.7 cm³/mol. The number of piperidine rings is 1. The van der Waals surface area contributed by atoms with Crippen molar-refractivity contribution in [3.63, 3.8) is 0 Å². The molecule has 4 rings (SSSR count). The van der Waals surface area contributed by atoms with Crippen molar-refractivity contribution in [2.24, 2.45) is 0 Å². The highest BCUT2D eigenvalue weighted by atomic mass is 32.1. The van der Waals surface area contributed by atoms with Crippen molar-refractivity contribution in [2.45, 2.75) is 18.8 Å². The molecule has 1 aromatic carbocycles. The number of carbonyl (C=O) groups excluding carboxylic acids is 1. The van der Waals surface area contributed by atoms with Crippen LogP contribution in [-0.2, 0) is 0 Å². The fraction of sp³-hybridized carbons (Fsp3) is 0.263. The highest BCUT2D eigenvalue weighted by Crippen LogP contribution is 2.34. The molecule has 7 heteroatoms. The molecule has 0 radical (unpaired) electrons. The third-order valence-corrected chi connectivity index (χ3v) is 5.87. The highest BCUT2D eigenvalue weighted by Gasteiger charge is 2.26. The van der Waals surface area contributed by atoms with E-state index in [1.807, 2.05) is 18.2 Å². The largest absolute Gasteiger partial charge is 0.477 e. The summed E-state index contributed by atoms with van der Waals surface area (Å²) in [4.78, 5) is 33.8. The Hall–Kier alpha value is -2.80. The van der Waals surface area contributed by atoms with Gasteiger partial charge in [-0.25, -0.2) is 14.8 Å². The number of thiazole rings is 1. The van der Waals surface area contributed by atoms with Crippen molar-refractivity contribution in [3.05, 3.63) is 58.9 Å². The number of nitrogens with zero attached hydrogens (tertiary/aromatic N) is 3. The summed E-state index contributed by atoms with van der Waals surface area (Å²) >= 11 is 1.73. The number of fused-ring (bicyclic) bond motifs is 1. The molecule has 26 heavy (non-hydrogen) atoms. The quantitative estimate of drug-likeness (QED) is 0.767. The fourth-order valence-corrected chi connectivity index (χ4v) is 4.36. The fourth-order valence-electron chi connectivity index (χ4n) is 3.22. The van der Waals surface area contributed by atoms with E-state index >= 15 is 0 Å². The summed E-state index contributed by atoms with van der Waals surface area (Å²) in [6.07, 6.45) is 3.10. The predicted octanol–water partition coefficient (Wildman–Crippen LogP) is 3.41. The molecule has 1 aliphatic rings. The number of carboxylic acid groups (broad SMARTS) is 1. The number of hydrogen-bond acceptors (Lipinski definition) is 5. The number of benzene rings is 1. The lowest BCUT2D eigenvalue weighted by molar-refractivity contribution is 0.0682. The van der Waals surface area contributed by atoms with Crippen LogP contribution in [0.15, 0.2) is 42.6 Å².